The predicted molar refractivity (Wildman–Crippen MR) is 92.4 cm³/mol. The number of carbonyl (C=O) groups is 2. The van der Waals surface area contributed by atoms with Crippen LogP contribution in [-0.4, -0.2) is 22.3 Å². The third-order valence-electron chi connectivity index (χ3n) is 9.09. The molecule has 0 aromatic heterocycles. The molecule has 7 atom stereocenters. The summed E-state index contributed by atoms with van der Waals surface area (Å²) in [5.41, 5.74) is -0.889. The van der Waals surface area contributed by atoms with Crippen LogP contribution in [0, 0.1) is 34.5 Å². The summed E-state index contributed by atoms with van der Waals surface area (Å²) in [5, 5.41) is 10.7. The Morgan fingerprint density at radius 3 is 2.50 bits per heavy atom. The second-order valence-electron chi connectivity index (χ2n) is 9.87. The van der Waals surface area contributed by atoms with Gasteiger partial charge in [-0.25, -0.2) is 0 Å². The Kier molecular flexibility index (Phi) is 3.60. The van der Waals surface area contributed by atoms with E-state index >= 15 is 0 Å². The summed E-state index contributed by atoms with van der Waals surface area (Å²) in [6.07, 6.45) is 8.64. The topological polar surface area (TPSA) is 54.4 Å². The molecule has 1 N–H and O–H groups in total. The molecule has 3 heteroatoms. The van der Waals surface area contributed by atoms with E-state index in [2.05, 4.69) is 13.8 Å². The number of rotatable bonds is 1. The van der Waals surface area contributed by atoms with E-state index in [0.717, 1.165) is 38.5 Å². The first kappa shape index (κ1) is 16.8. The summed E-state index contributed by atoms with van der Waals surface area (Å²) < 4.78 is 0. The highest BCUT2D eigenvalue weighted by Gasteiger charge is 2.61. The number of aliphatic hydroxyl groups is 1. The third-order valence-corrected chi connectivity index (χ3v) is 9.09. The third kappa shape index (κ3) is 2.06. The zero-order valence-corrected chi connectivity index (χ0v) is 15.4. The van der Waals surface area contributed by atoms with Crippen LogP contribution in [0.25, 0.3) is 0 Å². The maximum Gasteiger partial charge on any atom is 0.161 e. The van der Waals surface area contributed by atoms with Crippen molar-refractivity contribution in [2.24, 2.45) is 34.5 Å². The maximum absolute atomic E-state index is 12.5. The minimum atomic E-state index is -1.08. The quantitative estimate of drug-likeness (QED) is 0.792. The summed E-state index contributed by atoms with van der Waals surface area (Å²) >= 11 is 0. The van der Waals surface area contributed by atoms with Gasteiger partial charge in [-0.2, -0.15) is 0 Å². The lowest BCUT2D eigenvalue weighted by atomic mass is 9.44. The number of ketones is 2. The molecule has 0 saturated heterocycles. The van der Waals surface area contributed by atoms with E-state index in [1.54, 1.807) is 6.92 Å². The Morgan fingerprint density at radius 1 is 1.04 bits per heavy atom. The first-order valence-electron chi connectivity index (χ1n) is 9.97. The summed E-state index contributed by atoms with van der Waals surface area (Å²) in [5.74, 6) is 2.85. The largest absolute Gasteiger partial charge is 0.382 e. The molecule has 0 unspecified atom stereocenters. The van der Waals surface area contributed by atoms with Crippen LogP contribution in [0.15, 0.2) is 0 Å². The van der Waals surface area contributed by atoms with Gasteiger partial charge in [0.25, 0.3) is 0 Å². The number of carbonyl (C=O) groups excluding carboxylic acids is 2. The van der Waals surface area contributed by atoms with Gasteiger partial charge in [-0.15, -0.1) is 0 Å². The normalized spacial score (nSPS) is 53.9. The molecule has 4 aliphatic carbocycles. The van der Waals surface area contributed by atoms with Crippen molar-refractivity contribution < 1.29 is 14.7 Å². The Balaban J connectivity index is 1.61. The van der Waals surface area contributed by atoms with Crippen molar-refractivity contribution in [3.05, 3.63) is 0 Å². The number of Topliss-reactive ketones (excluding diaryl/α,β-unsaturated/α-hetero) is 2. The predicted octanol–water partition coefficient (Wildman–Crippen LogP) is 3.92. The van der Waals surface area contributed by atoms with Crippen LogP contribution in [0.3, 0.4) is 0 Å². The van der Waals surface area contributed by atoms with Gasteiger partial charge in [-0.3, -0.25) is 9.59 Å². The van der Waals surface area contributed by atoms with E-state index in [-0.39, 0.29) is 16.6 Å². The van der Waals surface area contributed by atoms with Crippen LogP contribution in [0.2, 0.25) is 0 Å². The standard InChI is InChI=1S/C21H32O3/c1-13(22)21(24)11-10-19(2)14(12-21)4-5-15-16-6-7-18(23)20(16,3)9-8-17(15)19/h14-17,24H,4-12H2,1-3H3/t14-,15-,16-,17-,19-,20-,21+/m0/s1. The SMILES string of the molecule is CC(=O)[C@@]1(O)CC[C@@]2(C)[C@@H](CC[C@@H]3[C@@H]2CC[C@]2(C)C(=O)CC[C@@H]32)C1. The lowest BCUT2D eigenvalue weighted by molar-refractivity contribution is -0.165. The van der Waals surface area contributed by atoms with Gasteiger partial charge in [0.05, 0.1) is 0 Å². The summed E-state index contributed by atoms with van der Waals surface area (Å²) in [6, 6.07) is 0. The average Bonchev–Trinajstić information content (AvgIpc) is 2.84. The molecule has 4 fully saturated rings. The fourth-order valence-electron chi connectivity index (χ4n) is 7.34. The second-order valence-corrected chi connectivity index (χ2v) is 9.87. The Labute approximate surface area is 145 Å². The van der Waals surface area contributed by atoms with Crippen molar-refractivity contribution in [1.29, 1.82) is 0 Å². The number of hydrogen-bond donors (Lipinski definition) is 1. The molecule has 0 aliphatic heterocycles. The smallest absolute Gasteiger partial charge is 0.161 e. The zero-order chi connectivity index (χ0) is 17.3. The summed E-state index contributed by atoms with van der Waals surface area (Å²) in [6.45, 7) is 6.20. The van der Waals surface area contributed by atoms with Gasteiger partial charge in [-0.1, -0.05) is 13.8 Å². The molecule has 4 saturated carbocycles. The maximum atomic E-state index is 12.5. The van der Waals surface area contributed by atoms with E-state index in [9.17, 15) is 14.7 Å². The van der Waals surface area contributed by atoms with Crippen molar-refractivity contribution in [1.82, 2.24) is 0 Å². The van der Waals surface area contributed by atoms with Crippen LogP contribution in [-0.2, 0) is 9.59 Å². The van der Waals surface area contributed by atoms with Crippen LogP contribution in [0.5, 0.6) is 0 Å². The highest BCUT2D eigenvalue weighted by molar-refractivity contribution is 5.87. The molecule has 0 aromatic rings. The minimum absolute atomic E-state index is 0.0516. The molecule has 24 heavy (non-hydrogen) atoms. The second kappa shape index (κ2) is 5.16. The first-order chi connectivity index (χ1) is 11.2. The zero-order valence-electron chi connectivity index (χ0n) is 15.4. The molecule has 0 heterocycles. The molecule has 0 radical (unpaired) electrons. The van der Waals surface area contributed by atoms with Gasteiger partial charge in [0, 0.05) is 11.8 Å². The van der Waals surface area contributed by atoms with Gasteiger partial charge in [0.2, 0.25) is 0 Å². The van der Waals surface area contributed by atoms with Gasteiger partial charge < -0.3 is 5.11 Å². The fourth-order valence-corrected chi connectivity index (χ4v) is 7.34. The molecule has 0 aromatic carbocycles. The number of hydrogen-bond acceptors (Lipinski definition) is 3. The van der Waals surface area contributed by atoms with Gasteiger partial charge >= 0.3 is 0 Å². The lowest BCUT2D eigenvalue weighted by Crippen LogP contribution is -2.57. The Hall–Kier alpha value is -0.700. The van der Waals surface area contributed by atoms with E-state index < -0.39 is 5.60 Å². The molecule has 134 valence electrons. The highest BCUT2D eigenvalue weighted by atomic mass is 16.3. The van der Waals surface area contributed by atoms with Gasteiger partial charge in [0.1, 0.15) is 11.4 Å². The first-order valence-corrected chi connectivity index (χ1v) is 9.97. The highest BCUT2D eigenvalue weighted by Crippen LogP contribution is 2.66. The molecule has 0 bridgehead atoms. The van der Waals surface area contributed by atoms with Crippen LogP contribution >= 0.6 is 0 Å². The van der Waals surface area contributed by atoms with E-state index in [0.29, 0.717) is 42.3 Å². The summed E-state index contributed by atoms with van der Waals surface area (Å²) in [4.78, 5) is 24.4. The van der Waals surface area contributed by atoms with E-state index in [4.69, 9.17) is 0 Å². The van der Waals surface area contributed by atoms with Crippen molar-refractivity contribution >= 4 is 11.6 Å². The lowest BCUT2D eigenvalue weighted by Gasteiger charge is -2.61. The Morgan fingerprint density at radius 2 is 1.79 bits per heavy atom. The van der Waals surface area contributed by atoms with Crippen molar-refractivity contribution in [2.75, 3.05) is 0 Å². The summed E-state index contributed by atoms with van der Waals surface area (Å²) in [7, 11) is 0. The molecule has 4 rings (SSSR count). The van der Waals surface area contributed by atoms with Crippen LogP contribution in [0.1, 0.15) is 78.6 Å². The Bertz CT molecular complexity index is 584. The fraction of sp³-hybridized carbons (Fsp3) is 0.905. The van der Waals surface area contributed by atoms with E-state index in [1.807, 2.05) is 0 Å². The van der Waals surface area contributed by atoms with E-state index in [1.165, 1.54) is 6.42 Å². The van der Waals surface area contributed by atoms with Crippen molar-refractivity contribution in [3.63, 3.8) is 0 Å². The van der Waals surface area contributed by atoms with Gasteiger partial charge in [0.15, 0.2) is 5.78 Å². The minimum Gasteiger partial charge on any atom is -0.382 e. The van der Waals surface area contributed by atoms with Crippen molar-refractivity contribution in [2.45, 2.75) is 84.2 Å². The van der Waals surface area contributed by atoms with Gasteiger partial charge in [-0.05, 0) is 87.4 Å². The monoisotopic (exact) mass is 332 g/mol. The average molecular weight is 332 g/mol. The van der Waals surface area contributed by atoms with Crippen molar-refractivity contribution in [3.8, 4) is 0 Å². The van der Waals surface area contributed by atoms with Crippen LogP contribution in [0.4, 0.5) is 0 Å². The molecule has 3 nitrogen and oxygen atoms in total. The molecule has 4 aliphatic rings. The van der Waals surface area contributed by atoms with Crippen LogP contribution < -0.4 is 0 Å². The molecule has 0 spiro atoms. The molecular weight excluding hydrogens is 300 g/mol. The number of fused-ring (bicyclic) bond motifs is 5. The molecule has 0 amide bonds. The molecular formula is C21H32O3.